The van der Waals surface area contributed by atoms with Gasteiger partial charge in [-0.3, -0.25) is 0 Å². The van der Waals surface area contributed by atoms with Crippen LogP contribution in [0.15, 0.2) is 40.0 Å². The number of hydrogen-bond acceptors (Lipinski definition) is 5. The fourth-order valence-electron chi connectivity index (χ4n) is 1.31. The highest BCUT2D eigenvalue weighted by atomic mass is 32.2. The summed E-state index contributed by atoms with van der Waals surface area (Å²) < 4.78 is 26.6. The molecule has 0 fully saturated rings. The average molecular weight is 239 g/mol. The first-order valence-electron chi connectivity index (χ1n) is 4.45. The Labute approximate surface area is 92.1 Å². The summed E-state index contributed by atoms with van der Waals surface area (Å²) in [5, 5.41) is 11.5. The lowest BCUT2D eigenvalue weighted by Crippen LogP contribution is -2.14. The highest BCUT2D eigenvalue weighted by Gasteiger charge is 2.20. The Morgan fingerprint density at radius 2 is 1.88 bits per heavy atom. The van der Waals surface area contributed by atoms with Crippen molar-refractivity contribution in [2.75, 3.05) is 0 Å². The molecule has 2 rings (SSSR count). The fraction of sp³-hybridized carbons (Fsp3) is 0.111. The zero-order chi connectivity index (χ0) is 11.6. The van der Waals surface area contributed by atoms with Crippen LogP contribution in [0.2, 0.25) is 0 Å². The van der Waals surface area contributed by atoms with Gasteiger partial charge in [0, 0.05) is 6.42 Å². The van der Waals surface area contributed by atoms with Gasteiger partial charge in [0.1, 0.15) is 5.69 Å². The first kappa shape index (κ1) is 10.8. The van der Waals surface area contributed by atoms with Crippen LogP contribution in [0.4, 0.5) is 0 Å². The van der Waals surface area contributed by atoms with Crippen molar-refractivity contribution >= 4 is 10.0 Å². The third-order valence-electron chi connectivity index (χ3n) is 2.01. The Bertz CT molecular complexity index is 577. The zero-order valence-corrected chi connectivity index (χ0v) is 9.02. The monoisotopic (exact) mass is 239 g/mol. The molecule has 0 radical (unpaired) electrons. The van der Waals surface area contributed by atoms with Crippen molar-refractivity contribution in [3.8, 4) is 0 Å². The van der Waals surface area contributed by atoms with Crippen LogP contribution >= 0.6 is 0 Å². The molecule has 84 valence electrons. The molecule has 0 saturated heterocycles. The van der Waals surface area contributed by atoms with Crippen LogP contribution in [0.3, 0.4) is 0 Å². The molecule has 0 bridgehead atoms. The summed E-state index contributed by atoms with van der Waals surface area (Å²) in [6, 6.07) is 9.26. The molecule has 0 saturated carbocycles. The van der Waals surface area contributed by atoms with E-state index in [1.54, 1.807) is 0 Å². The second-order valence-corrected chi connectivity index (χ2v) is 4.70. The minimum Gasteiger partial charge on any atom is -0.243 e. The van der Waals surface area contributed by atoms with E-state index in [1.165, 1.54) is 0 Å². The number of nitrogens with zero attached hydrogens (tertiary/aromatic N) is 2. The summed E-state index contributed by atoms with van der Waals surface area (Å²) in [5.41, 5.74) is 1.12. The summed E-state index contributed by atoms with van der Waals surface area (Å²) in [6.45, 7) is 0. The molecule has 0 spiro atoms. The third kappa shape index (κ3) is 2.26. The van der Waals surface area contributed by atoms with E-state index >= 15 is 0 Å². The summed E-state index contributed by atoms with van der Waals surface area (Å²) in [5.74, 6) is 0. The number of hydrogen-bond donors (Lipinski definition) is 1. The molecule has 0 aliphatic heterocycles. The van der Waals surface area contributed by atoms with Gasteiger partial charge in [-0.2, -0.15) is 0 Å². The predicted octanol–water partition coefficient (Wildman–Crippen LogP) is 0.308. The fourth-order valence-corrected chi connectivity index (χ4v) is 1.89. The second-order valence-electron chi connectivity index (χ2n) is 3.22. The van der Waals surface area contributed by atoms with Crippen LogP contribution in [0, 0.1) is 0 Å². The van der Waals surface area contributed by atoms with E-state index < -0.39 is 10.0 Å². The van der Waals surface area contributed by atoms with Gasteiger partial charge < -0.3 is 0 Å². The molecular formula is C9H9N3O3S. The number of sulfonamides is 1. The molecule has 0 atom stereocenters. The van der Waals surface area contributed by atoms with Crippen molar-refractivity contribution in [2.45, 2.75) is 11.4 Å². The Balaban J connectivity index is 2.34. The summed E-state index contributed by atoms with van der Waals surface area (Å²) >= 11 is 0. The van der Waals surface area contributed by atoms with Gasteiger partial charge in [-0.05, 0) is 10.7 Å². The van der Waals surface area contributed by atoms with Crippen LogP contribution in [-0.4, -0.2) is 18.7 Å². The van der Waals surface area contributed by atoms with Crippen LogP contribution < -0.4 is 5.14 Å². The van der Waals surface area contributed by atoms with Crippen LogP contribution in [0.5, 0.6) is 0 Å². The minimum absolute atomic E-state index is 0.216. The molecule has 1 heterocycles. The van der Waals surface area contributed by atoms with Crippen molar-refractivity contribution in [1.29, 1.82) is 0 Å². The Morgan fingerprint density at radius 3 is 2.50 bits per heavy atom. The third-order valence-corrected chi connectivity index (χ3v) is 2.85. The van der Waals surface area contributed by atoms with Crippen molar-refractivity contribution in [2.24, 2.45) is 5.14 Å². The van der Waals surface area contributed by atoms with Gasteiger partial charge >= 0.3 is 0 Å². The second kappa shape index (κ2) is 4.03. The van der Waals surface area contributed by atoms with E-state index in [9.17, 15) is 8.42 Å². The first-order chi connectivity index (χ1) is 7.57. The number of rotatable bonds is 3. The Hall–Kier alpha value is -1.73. The molecule has 16 heavy (non-hydrogen) atoms. The summed E-state index contributed by atoms with van der Waals surface area (Å²) in [6.07, 6.45) is 0.316. The maximum Gasteiger partial charge on any atom is 0.261 e. The van der Waals surface area contributed by atoms with Gasteiger partial charge in [0.25, 0.3) is 10.0 Å². The molecule has 7 heteroatoms. The highest BCUT2D eigenvalue weighted by Crippen LogP contribution is 2.13. The molecule has 6 nitrogen and oxygen atoms in total. The molecule has 0 aliphatic carbocycles. The van der Waals surface area contributed by atoms with Gasteiger partial charge in [0.05, 0.1) is 0 Å². The summed E-state index contributed by atoms with van der Waals surface area (Å²) in [7, 11) is -3.88. The lowest BCUT2D eigenvalue weighted by molar-refractivity contribution is 0.295. The van der Waals surface area contributed by atoms with E-state index in [0.29, 0.717) is 6.42 Å². The lowest BCUT2D eigenvalue weighted by Gasteiger charge is -1.97. The molecule has 0 unspecified atom stereocenters. The van der Waals surface area contributed by atoms with E-state index in [2.05, 4.69) is 14.9 Å². The minimum atomic E-state index is -3.88. The van der Waals surface area contributed by atoms with E-state index in [-0.39, 0.29) is 10.7 Å². The maximum absolute atomic E-state index is 11.1. The molecular weight excluding hydrogens is 230 g/mol. The number of primary sulfonamides is 1. The highest BCUT2D eigenvalue weighted by molar-refractivity contribution is 7.89. The van der Waals surface area contributed by atoms with E-state index in [4.69, 9.17) is 5.14 Å². The Kier molecular flexibility index (Phi) is 2.71. The van der Waals surface area contributed by atoms with Gasteiger partial charge in [-0.15, -0.1) is 0 Å². The smallest absolute Gasteiger partial charge is 0.243 e. The molecule has 0 aliphatic rings. The van der Waals surface area contributed by atoms with Crippen LogP contribution in [0.1, 0.15) is 11.3 Å². The van der Waals surface area contributed by atoms with Gasteiger partial charge in [-0.25, -0.2) is 18.2 Å². The van der Waals surface area contributed by atoms with Crippen molar-refractivity contribution in [3.63, 3.8) is 0 Å². The van der Waals surface area contributed by atoms with Crippen LogP contribution in [0.25, 0.3) is 0 Å². The summed E-state index contributed by atoms with van der Waals surface area (Å²) in [4.78, 5) is 0. The molecule has 2 aromatic rings. The average Bonchev–Trinajstić information content (AvgIpc) is 2.67. The number of nitrogens with two attached hydrogens (primary N) is 1. The standard InChI is InChI=1S/C9H9N3O3S/c10-16(13,14)9-8(11-15-12-9)6-7-4-2-1-3-5-7/h1-5H,6H2,(H2,10,13,14). The molecule has 0 amide bonds. The number of aromatic nitrogens is 2. The topological polar surface area (TPSA) is 99.1 Å². The van der Waals surface area contributed by atoms with Gasteiger partial charge in [0.15, 0.2) is 0 Å². The predicted molar refractivity (Wildman–Crippen MR) is 54.9 cm³/mol. The van der Waals surface area contributed by atoms with Crippen molar-refractivity contribution < 1.29 is 13.0 Å². The lowest BCUT2D eigenvalue weighted by atomic mass is 10.1. The van der Waals surface area contributed by atoms with Crippen molar-refractivity contribution in [3.05, 3.63) is 41.6 Å². The normalized spacial score (nSPS) is 11.6. The van der Waals surface area contributed by atoms with Gasteiger partial charge in [-0.1, -0.05) is 35.5 Å². The SMILES string of the molecule is NS(=O)(=O)c1nonc1Cc1ccccc1. The molecule has 2 N–H and O–H groups in total. The maximum atomic E-state index is 11.1. The largest absolute Gasteiger partial charge is 0.261 e. The van der Waals surface area contributed by atoms with E-state index in [0.717, 1.165) is 5.56 Å². The quantitative estimate of drug-likeness (QED) is 0.830. The van der Waals surface area contributed by atoms with E-state index in [1.807, 2.05) is 30.3 Å². The number of benzene rings is 1. The first-order valence-corrected chi connectivity index (χ1v) is 6.00. The molecule has 1 aromatic carbocycles. The Morgan fingerprint density at radius 1 is 1.19 bits per heavy atom. The van der Waals surface area contributed by atoms with Crippen LogP contribution in [-0.2, 0) is 16.4 Å². The van der Waals surface area contributed by atoms with Crippen molar-refractivity contribution in [1.82, 2.24) is 10.3 Å². The van der Waals surface area contributed by atoms with Gasteiger partial charge in [0.2, 0.25) is 5.03 Å². The molecule has 1 aromatic heterocycles. The zero-order valence-electron chi connectivity index (χ0n) is 8.20.